The number of hydrogen-bond donors (Lipinski definition) is 3. The normalized spacial score (nSPS) is 14.1. The Morgan fingerprint density at radius 3 is 1.42 bits per heavy atom. The van der Waals surface area contributed by atoms with Crippen LogP contribution in [0.3, 0.4) is 0 Å². The molecule has 0 aromatic carbocycles. The first-order chi connectivity index (χ1) is 24.3. The molecule has 0 saturated carbocycles. The fraction of sp³-hybridized carbons (Fsp3) is 0.698. The summed E-state index contributed by atoms with van der Waals surface area (Å²) in [6, 6.07) is -0.988. The number of aliphatic hydroxyl groups excluding tert-OH is 1. The molecule has 0 aliphatic rings. The fourth-order valence-corrected chi connectivity index (χ4v) is 6.45. The Morgan fingerprint density at radius 2 is 0.960 bits per heavy atom. The number of hydrogen-bond acceptors (Lipinski definition) is 4. The molecule has 0 aliphatic heterocycles. The predicted molar refractivity (Wildman–Crippen MR) is 216 cm³/mol. The Balaban J connectivity index is 3.96. The summed E-state index contributed by atoms with van der Waals surface area (Å²) in [4.78, 5) is 12.5. The van der Waals surface area contributed by atoms with Crippen molar-refractivity contribution < 1.29 is 22.9 Å². The summed E-state index contributed by atoms with van der Waals surface area (Å²) in [6.07, 6.45) is 51.3. The quantitative estimate of drug-likeness (QED) is 0.0344. The van der Waals surface area contributed by atoms with Gasteiger partial charge in [-0.1, -0.05) is 177 Å². The molecule has 0 aliphatic carbocycles. The largest absolute Gasteiger partial charge is 0.391 e. The van der Waals surface area contributed by atoms with E-state index in [1.807, 2.05) is 0 Å². The summed E-state index contributed by atoms with van der Waals surface area (Å²) in [5.41, 5.74) is 0. The topological polar surface area (TPSA) is 104 Å². The molecule has 1 amide bonds. The van der Waals surface area contributed by atoms with Crippen molar-refractivity contribution in [2.24, 2.45) is 0 Å². The van der Waals surface area contributed by atoms with Crippen LogP contribution >= 0.6 is 0 Å². The molecule has 50 heavy (non-hydrogen) atoms. The van der Waals surface area contributed by atoms with E-state index in [-0.39, 0.29) is 12.3 Å². The van der Waals surface area contributed by atoms with Gasteiger partial charge in [-0.15, -0.1) is 0 Å². The monoisotopic (exact) mass is 718 g/mol. The molecule has 7 heteroatoms. The number of allylic oxidation sites excluding steroid dienone is 12. The predicted octanol–water partition coefficient (Wildman–Crippen LogP) is 11.8. The summed E-state index contributed by atoms with van der Waals surface area (Å²) in [6.45, 7) is 4.39. The van der Waals surface area contributed by atoms with Crippen LogP contribution < -0.4 is 5.32 Å². The van der Waals surface area contributed by atoms with E-state index in [1.165, 1.54) is 57.8 Å². The number of carbonyl (C=O) groups is 1. The lowest BCUT2D eigenvalue weighted by atomic mass is 10.0. The highest BCUT2D eigenvalue weighted by Crippen LogP contribution is 2.15. The van der Waals surface area contributed by atoms with E-state index in [1.54, 1.807) is 0 Å². The lowest BCUT2D eigenvalue weighted by Gasteiger charge is -2.23. The van der Waals surface area contributed by atoms with Gasteiger partial charge in [-0.25, -0.2) is 0 Å². The van der Waals surface area contributed by atoms with Crippen LogP contribution in [-0.2, 0) is 14.9 Å². The van der Waals surface area contributed by atoms with Crippen LogP contribution in [-0.4, -0.2) is 41.9 Å². The van der Waals surface area contributed by atoms with Crippen molar-refractivity contribution in [3.8, 4) is 0 Å². The van der Waals surface area contributed by atoms with Crippen molar-refractivity contribution in [2.45, 2.75) is 187 Å². The van der Waals surface area contributed by atoms with Crippen LogP contribution in [0.25, 0.3) is 0 Å². The highest BCUT2D eigenvalue weighted by Gasteiger charge is 2.26. The number of amides is 1. The van der Waals surface area contributed by atoms with Gasteiger partial charge in [-0.3, -0.25) is 9.35 Å². The summed E-state index contributed by atoms with van der Waals surface area (Å²) in [7, 11) is -4.32. The Hall–Kier alpha value is -2.22. The Morgan fingerprint density at radius 1 is 0.560 bits per heavy atom. The smallest absolute Gasteiger partial charge is 0.266 e. The second-order valence-electron chi connectivity index (χ2n) is 13.5. The second kappa shape index (κ2) is 36.6. The molecular formula is C43H75NO5S. The van der Waals surface area contributed by atoms with Crippen LogP contribution in [0, 0.1) is 0 Å². The molecule has 0 radical (unpaired) electrons. The molecule has 288 valence electrons. The summed E-state index contributed by atoms with van der Waals surface area (Å²) >= 11 is 0. The third-order valence-electron chi connectivity index (χ3n) is 8.68. The van der Waals surface area contributed by atoms with E-state index in [9.17, 15) is 22.9 Å². The molecule has 0 saturated heterocycles. The third kappa shape index (κ3) is 37.0. The first kappa shape index (κ1) is 47.8. The highest BCUT2D eigenvalue weighted by molar-refractivity contribution is 7.85. The van der Waals surface area contributed by atoms with E-state index < -0.39 is 28.0 Å². The van der Waals surface area contributed by atoms with Crippen molar-refractivity contribution in [2.75, 3.05) is 5.75 Å². The van der Waals surface area contributed by atoms with Gasteiger partial charge in [0.15, 0.2) is 0 Å². The Labute approximate surface area is 308 Å². The lowest BCUT2D eigenvalue weighted by molar-refractivity contribution is -0.122. The van der Waals surface area contributed by atoms with Crippen molar-refractivity contribution >= 4 is 16.0 Å². The molecular weight excluding hydrogens is 643 g/mol. The standard InChI is InChI=1S/C43H75NO5S/c1-3-5-7-9-11-13-15-17-18-19-20-21-22-23-24-25-26-27-29-31-33-35-37-39-43(46)44-41(40-50(47,48)49)42(45)38-36-34-32-30-28-16-14-12-10-8-6-4-2/h5,7,11,13,17-18,20-21,23-24,26-27,41-42,45H,3-4,6,8-10,12,14-16,19,22,25,28-40H2,1-2H3,(H,44,46)(H,47,48,49)/b7-5-,13-11-,18-17-,21-20-,24-23-,27-26-. The van der Waals surface area contributed by atoms with Gasteiger partial charge >= 0.3 is 0 Å². The minimum absolute atomic E-state index is 0.274. The Bertz CT molecular complexity index is 1060. The molecule has 0 bridgehead atoms. The molecule has 2 atom stereocenters. The van der Waals surface area contributed by atoms with E-state index in [4.69, 9.17) is 0 Å². The van der Waals surface area contributed by atoms with Gasteiger partial charge in [0.2, 0.25) is 5.91 Å². The van der Waals surface area contributed by atoms with Gasteiger partial charge in [0.05, 0.1) is 17.9 Å². The third-order valence-corrected chi connectivity index (χ3v) is 9.46. The maximum atomic E-state index is 12.5. The van der Waals surface area contributed by atoms with Crippen molar-refractivity contribution in [3.05, 3.63) is 72.9 Å². The van der Waals surface area contributed by atoms with Gasteiger partial charge in [-0.2, -0.15) is 8.42 Å². The van der Waals surface area contributed by atoms with E-state index in [0.29, 0.717) is 12.8 Å². The number of rotatable bonds is 35. The van der Waals surface area contributed by atoms with Crippen LogP contribution in [0.2, 0.25) is 0 Å². The fourth-order valence-electron chi connectivity index (χ4n) is 5.69. The molecule has 0 aromatic rings. The van der Waals surface area contributed by atoms with Crippen LogP contribution in [0.5, 0.6) is 0 Å². The van der Waals surface area contributed by atoms with Crippen molar-refractivity contribution in [1.82, 2.24) is 5.32 Å². The maximum Gasteiger partial charge on any atom is 0.266 e. The van der Waals surface area contributed by atoms with E-state index in [0.717, 1.165) is 83.5 Å². The average molecular weight is 718 g/mol. The van der Waals surface area contributed by atoms with Crippen LogP contribution in [0.15, 0.2) is 72.9 Å². The van der Waals surface area contributed by atoms with Crippen molar-refractivity contribution in [1.29, 1.82) is 0 Å². The minimum atomic E-state index is -4.32. The zero-order chi connectivity index (χ0) is 36.8. The molecule has 0 heterocycles. The molecule has 3 N–H and O–H groups in total. The first-order valence-electron chi connectivity index (χ1n) is 20.1. The van der Waals surface area contributed by atoms with Crippen LogP contribution in [0.4, 0.5) is 0 Å². The molecule has 0 rings (SSSR count). The zero-order valence-corrected chi connectivity index (χ0v) is 32.8. The van der Waals surface area contributed by atoms with Crippen molar-refractivity contribution in [3.63, 3.8) is 0 Å². The molecule has 2 unspecified atom stereocenters. The van der Waals surface area contributed by atoms with E-state index >= 15 is 0 Å². The maximum absolute atomic E-state index is 12.5. The van der Waals surface area contributed by atoms with E-state index in [2.05, 4.69) is 92.1 Å². The Kier molecular flexibility index (Phi) is 34.9. The number of nitrogens with one attached hydrogen (secondary N) is 1. The summed E-state index contributed by atoms with van der Waals surface area (Å²) in [5, 5.41) is 13.3. The minimum Gasteiger partial charge on any atom is -0.391 e. The molecule has 0 fully saturated rings. The number of carbonyl (C=O) groups excluding carboxylic acids is 1. The summed E-state index contributed by atoms with van der Waals surface area (Å²) < 4.78 is 32.5. The zero-order valence-electron chi connectivity index (χ0n) is 32.0. The number of aliphatic hydroxyl groups is 1. The SMILES string of the molecule is CC/C=C\C/C=C\C/C=C\C/C=C\C/C=C\C/C=C\CCCCCCC(=O)NC(CS(=O)(=O)O)C(O)CCCCCCCCCCCCCC. The van der Waals surface area contributed by atoms with Gasteiger partial charge in [0, 0.05) is 6.42 Å². The van der Waals surface area contributed by atoms with Gasteiger partial charge in [0.1, 0.15) is 0 Å². The molecule has 6 nitrogen and oxygen atoms in total. The molecule has 0 aromatic heterocycles. The van der Waals surface area contributed by atoms with Gasteiger partial charge in [0.25, 0.3) is 10.1 Å². The van der Waals surface area contributed by atoms with Gasteiger partial charge in [-0.05, 0) is 64.2 Å². The highest BCUT2D eigenvalue weighted by atomic mass is 32.2. The van der Waals surface area contributed by atoms with Gasteiger partial charge < -0.3 is 10.4 Å². The summed E-state index contributed by atoms with van der Waals surface area (Å²) in [5.74, 6) is -0.936. The van der Waals surface area contributed by atoms with Crippen LogP contribution in [0.1, 0.15) is 174 Å². The average Bonchev–Trinajstić information content (AvgIpc) is 3.08. The lowest BCUT2D eigenvalue weighted by Crippen LogP contribution is -2.47. The second-order valence-corrected chi connectivity index (χ2v) is 15.0. The molecule has 0 spiro atoms. The first-order valence-corrected chi connectivity index (χ1v) is 21.7. The number of unbranched alkanes of at least 4 members (excludes halogenated alkanes) is 15.